The molecule has 0 radical (unpaired) electrons. The minimum absolute atomic E-state index is 0.245. The molecule has 2 amide bonds. The van der Waals surface area contributed by atoms with Gasteiger partial charge in [0, 0.05) is 18.8 Å². The van der Waals surface area contributed by atoms with Crippen molar-refractivity contribution in [2.45, 2.75) is 39.0 Å². The Hall–Kier alpha value is -1.48. The van der Waals surface area contributed by atoms with E-state index in [4.69, 9.17) is 42.6 Å². The highest BCUT2D eigenvalue weighted by atomic mass is 16.6. The molecule has 1 heterocycles. The summed E-state index contributed by atoms with van der Waals surface area (Å²) in [4.78, 5) is 23.9. The summed E-state index contributed by atoms with van der Waals surface area (Å²) >= 11 is 0. The zero-order valence-corrected chi connectivity index (χ0v) is 25.1. The van der Waals surface area contributed by atoms with Crippen molar-refractivity contribution in [1.82, 2.24) is 4.90 Å². The van der Waals surface area contributed by atoms with Crippen LogP contribution < -0.4 is 0 Å². The number of ether oxygens (including phenoxy) is 9. The van der Waals surface area contributed by atoms with Gasteiger partial charge in [0.1, 0.15) is 0 Å². The van der Waals surface area contributed by atoms with Gasteiger partial charge >= 0.3 is 0 Å². The smallest absolute Gasteiger partial charge is 0.253 e. The van der Waals surface area contributed by atoms with Gasteiger partial charge in [-0.2, -0.15) is 0 Å². The molecule has 0 atom stereocenters. The quantitative estimate of drug-likeness (QED) is 0.0824. The van der Waals surface area contributed by atoms with E-state index in [0.29, 0.717) is 106 Å². The van der Waals surface area contributed by atoms with E-state index in [0.717, 1.165) is 17.9 Å². The summed E-state index contributed by atoms with van der Waals surface area (Å²) in [5.74, 6) is -0.604. The van der Waals surface area contributed by atoms with Gasteiger partial charge in [-0.3, -0.25) is 14.5 Å². The molecule has 1 aliphatic rings. The van der Waals surface area contributed by atoms with E-state index in [2.05, 4.69) is 6.92 Å². The Balaban J connectivity index is 1.63. The van der Waals surface area contributed by atoms with Crippen LogP contribution in [0, 0.1) is 0 Å². The summed E-state index contributed by atoms with van der Waals surface area (Å²) < 4.78 is 49.1. The van der Waals surface area contributed by atoms with Crippen LogP contribution in [0.2, 0.25) is 0 Å². The van der Waals surface area contributed by atoms with Gasteiger partial charge in [-0.1, -0.05) is 32.6 Å². The summed E-state index contributed by atoms with van der Waals surface area (Å²) in [6.45, 7) is 11.7. The molecule has 0 aromatic carbocycles. The third-order valence-corrected chi connectivity index (χ3v) is 5.73. The molecule has 1 aliphatic heterocycles. The van der Waals surface area contributed by atoms with Crippen molar-refractivity contribution in [2.75, 3.05) is 125 Å². The molecule has 0 spiro atoms. The summed E-state index contributed by atoms with van der Waals surface area (Å²) in [5.41, 5.74) is 0. The van der Waals surface area contributed by atoms with Crippen LogP contribution in [0.5, 0.6) is 0 Å². The summed E-state index contributed by atoms with van der Waals surface area (Å²) in [6.07, 6.45) is 8.77. The average Bonchev–Trinajstić information content (AvgIpc) is 3.30. The molecular formula is C29H53NO11. The minimum Gasteiger partial charge on any atom is -0.379 e. The fourth-order valence-electron chi connectivity index (χ4n) is 3.48. The number of hydrogen-bond acceptors (Lipinski definition) is 11. The van der Waals surface area contributed by atoms with Crippen LogP contribution in [0.1, 0.15) is 39.0 Å². The number of carbonyl (C=O) groups excluding carboxylic acids is 2. The third-order valence-electron chi connectivity index (χ3n) is 5.73. The zero-order chi connectivity index (χ0) is 29.5. The van der Waals surface area contributed by atoms with Crippen LogP contribution in [0.4, 0.5) is 0 Å². The third kappa shape index (κ3) is 24.8. The van der Waals surface area contributed by atoms with Crippen molar-refractivity contribution in [3.63, 3.8) is 0 Å². The molecule has 12 heteroatoms. The standard InChI is InChI=1S/C29H53NO11/c1-2-3-4-5-6-10-33-12-14-35-16-18-37-20-22-39-24-26-41-27-25-40-23-21-38-19-17-36-15-13-34-11-9-30-28(31)7-8-29(30)32/h7-8H,2-6,9-27H2,1H3. The topological polar surface area (TPSA) is 120 Å². The minimum atomic E-state index is -0.302. The molecule has 240 valence electrons. The normalized spacial score (nSPS) is 13.2. The molecule has 0 saturated carbocycles. The Kier molecular flexibility index (Phi) is 27.5. The van der Waals surface area contributed by atoms with Gasteiger partial charge in [-0.05, 0) is 6.42 Å². The molecule has 41 heavy (non-hydrogen) atoms. The van der Waals surface area contributed by atoms with E-state index >= 15 is 0 Å². The van der Waals surface area contributed by atoms with Crippen LogP contribution in [-0.4, -0.2) is 142 Å². The van der Waals surface area contributed by atoms with Gasteiger partial charge < -0.3 is 42.6 Å². The van der Waals surface area contributed by atoms with E-state index in [1.54, 1.807) is 0 Å². The molecule has 0 saturated heterocycles. The highest BCUT2D eigenvalue weighted by molar-refractivity contribution is 6.12. The first kappa shape index (κ1) is 37.5. The maximum Gasteiger partial charge on any atom is 0.253 e. The summed E-state index contributed by atoms with van der Waals surface area (Å²) in [6, 6.07) is 0. The lowest BCUT2D eigenvalue weighted by Crippen LogP contribution is -2.33. The first-order chi connectivity index (χ1) is 20.3. The average molecular weight is 592 g/mol. The molecule has 0 unspecified atom stereocenters. The summed E-state index contributed by atoms with van der Waals surface area (Å²) in [5, 5.41) is 0. The van der Waals surface area contributed by atoms with Crippen molar-refractivity contribution in [2.24, 2.45) is 0 Å². The molecular weight excluding hydrogens is 538 g/mol. The Labute approximate surface area is 245 Å². The lowest BCUT2D eigenvalue weighted by atomic mass is 10.2. The van der Waals surface area contributed by atoms with E-state index in [-0.39, 0.29) is 25.0 Å². The molecule has 0 N–H and O–H groups in total. The zero-order valence-electron chi connectivity index (χ0n) is 25.1. The van der Waals surface area contributed by atoms with E-state index < -0.39 is 0 Å². The van der Waals surface area contributed by atoms with E-state index in [1.165, 1.54) is 37.8 Å². The van der Waals surface area contributed by atoms with E-state index in [9.17, 15) is 9.59 Å². The number of hydrogen-bond donors (Lipinski definition) is 0. The van der Waals surface area contributed by atoms with Crippen molar-refractivity contribution in [3.8, 4) is 0 Å². The van der Waals surface area contributed by atoms with E-state index in [1.807, 2.05) is 0 Å². The number of amides is 2. The van der Waals surface area contributed by atoms with Gasteiger partial charge in [0.2, 0.25) is 0 Å². The Bertz CT molecular complexity index is 618. The number of imide groups is 1. The first-order valence-electron chi connectivity index (χ1n) is 15.0. The number of unbranched alkanes of at least 4 members (excludes halogenated alkanes) is 4. The second-order valence-corrected chi connectivity index (χ2v) is 9.09. The second kappa shape index (κ2) is 30.0. The molecule has 0 aliphatic carbocycles. The van der Waals surface area contributed by atoms with Crippen LogP contribution in [-0.2, 0) is 52.2 Å². The van der Waals surface area contributed by atoms with Crippen LogP contribution in [0.3, 0.4) is 0 Å². The monoisotopic (exact) mass is 591 g/mol. The predicted molar refractivity (Wildman–Crippen MR) is 152 cm³/mol. The highest BCUT2D eigenvalue weighted by Crippen LogP contribution is 2.03. The van der Waals surface area contributed by atoms with Gasteiger partial charge in [0.25, 0.3) is 11.8 Å². The SMILES string of the molecule is CCCCCCCOCCOCCOCCOCCOCCOCCOCCOCCOCCN1C(=O)C=CC1=O. The highest BCUT2D eigenvalue weighted by Gasteiger charge is 2.22. The van der Waals surface area contributed by atoms with Crippen molar-refractivity contribution in [3.05, 3.63) is 12.2 Å². The summed E-state index contributed by atoms with van der Waals surface area (Å²) in [7, 11) is 0. The van der Waals surface area contributed by atoms with Crippen LogP contribution >= 0.6 is 0 Å². The fraction of sp³-hybridized carbons (Fsp3) is 0.862. The van der Waals surface area contributed by atoms with Gasteiger partial charge in [0.15, 0.2) is 0 Å². The number of rotatable bonds is 33. The second-order valence-electron chi connectivity index (χ2n) is 9.09. The molecule has 1 rings (SSSR count). The molecule has 0 aromatic rings. The maximum absolute atomic E-state index is 11.4. The number of nitrogens with zero attached hydrogens (tertiary/aromatic N) is 1. The Morgan fingerprint density at radius 2 is 0.707 bits per heavy atom. The van der Waals surface area contributed by atoms with Crippen LogP contribution in [0.25, 0.3) is 0 Å². The van der Waals surface area contributed by atoms with Gasteiger partial charge in [-0.15, -0.1) is 0 Å². The maximum atomic E-state index is 11.4. The Morgan fingerprint density at radius 1 is 0.415 bits per heavy atom. The fourth-order valence-corrected chi connectivity index (χ4v) is 3.48. The lowest BCUT2D eigenvalue weighted by Gasteiger charge is -2.13. The van der Waals surface area contributed by atoms with Gasteiger partial charge in [-0.25, -0.2) is 0 Å². The van der Waals surface area contributed by atoms with Crippen molar-refractivity contribution >= 4 is 11.8 Å². The van der Waals surface area contributed by atoms with Gasteiger partial charge in [0.05, 0.1) is 119 Å². The Morgan fingerprint density at radius 3 is 1.05 bits per heavy atom. The molecule has 0 aromatic heterocycles. The lowest BCUT2D eigenvalue weighted by molar-refractivity contribution is -0.137. The molecule has 0 fully saturated rings. The first-order valence-corrected chi connectivity index (χ1v) is 15.0. The largest absolute Gasteiger partial charge is 0.379 e. The molecule has 12 nitrogen and oxygen atoms in total. The van der Waals surface area contributed by atoms with Crippen LogP contribution in [0.15, 0.2) is 12.2 Å². The van der Waals surface area contributed by atoms with Crippen molar-refractivity contribution < 1.29 is 52.2 Å². The number of carbonyl (C=O) groups is 2. The molecule has 0 bridgehead atoms. The predicted octanol–water partition coefficient (Wildman–Crippen LogP) is 2.03. The van der Waals surface area contributed by atoms with Crippen molar-refractivity contribution in [1.29, 1.82) is 0 Å².